The minimum Gasteiger partial charge on any atom is -0.494 e. The topological polar surface area (TPSA) is 111 Å². The fraction of sp³-hybridized carbons (Fsp3) is 0.389. The molecule has 0 bridgehead atoms. The Morgan fingerprint density at radius 1 is 1.40 bits per heavy atom. The number of aromatic nitrogens is 3. The quantitative estimate of drug-likeness (QED) is 0.614. The van der Waals surface area contributed by atoms with Gasteiger partial charge in [0.25, 0.3) is 0 Å². The smallest absolute Gasteiger partial charge is 0.404 e. The SMILES string of the molecule is COc1cc(N2CCOCC2)c(Br)cc1-n1cnn(C/C(=C/F)CNC(=O)O)c1=O. The lowest BCUT2D eigenvalue weighted by Crippen LogP contribution is -2.36. The minimum absolute atomic E-state index is 0.0561. The molecule has 1 aliphatic rings. The molecule has 0 saturated carbocycles. The van der Waals surface area contributed by atoms with Crippen LogP contribution in [0.4, 0.5) is 14.9 Å². The molecular weight excluding hydrogens is 465 g/mol. The Bertz CT molecular complexity index is 999. The van der Waals surface area contributed by atoms with Crippen molar-refractivity contribution in [3.8, 4) is 11.4 Å². The highest BCUT2D eigenvalue weighted by Gasteiger charge is 2.20. The number of amides is 1. The number of benzene rings is 1. The van der Waals surface area contributed by atoms with Crippen LogP contribution in [0.1, 0.15) is 0 Å². The number of carbonyl (C=O) groups is 1. The third kappa shape index (κ3) is 4.82. The van der Waals surface area contributed by atoms with Crippen LogP contribution in [0.25, 0.3) is 5.69 Å². The highest BCUT2D eigenvalue weighted by Crippen LogP contribution is 2.35. The largest absolute Gasteiger partial charge is 0.494 e. The van der Waals surface area contributed by atoms with E-state index in [1.807, 2.05) is 6.07 Å². The van der Waals surface area contributed by atoms with Gasteiger partial charge in [-0.2, -0.15) is 5.10 Å². The summed E-state index contributed by atoms with van der Waals surface area (Å²) in [4.78, 5) is 25.6. The van der Waals surface area contributed by atoms with E-state index in [0.717, 1.165) is 27.9 Å². The van der Waals surface area contributed by atoms with Crippen LogP contribution in [0.2, 0.25) is 0 Å². The molecular formula is C18H21BrFN5O5. The first kappa shape index (κ1) is 21.8. The average molecular weight is 486 g/mol. The third-order valence-electron chi connectivity index (χ3n) is 4.57. The molecule has 1 saturated heterocycles. The molecule has 0 unspecified atom stereocenters. The van der Waals surface area contributed by atoms with Gasteiger partial charge in [0.2, 0.25) is 0 Å². The van der Waals surface area contributed by atoms with Crippen LogP contribution in [-0.4, -0.2) is 65.5 Å². The van der Waals surface area contributed by atoms with E-state index in [1.165, 1.54) is 18.0 Å². The Kier molecular flexibility index (Phi) is 7.11. The summed E-state index contributed by atoms with van der Waals surface area (Å²) in [5, 5.41) is 14.7. The van der Waals surface area contributed by atoms with Gasteiger partial charge in [0.1, 0.15) is 12.1 Å². The molecule has 2 aromatic rings. The van der Waals surface area contributed by atoms with E-state index in [0.29, 0.717) is 24.7 Å². The summed E-state index contributed by atoms with van der Waals surface area (Å²) in [6.07, 6.45) is 0.277. The standard InChI is InChI=1S/C18H21BrFN5O5/c1-29-16-7-14(23-2-4-30-5-3-23)13(19)6-15(16)24-11-22-25(18(24)28)10-12(8-20)9-21-17(26)27/h6-8,11,21H,2-5,9-10H2,1H3,(H,26,27)/b12-8+. The molecule has 0 atom stereocenters. The minimum atomic E-state index is -1.29. The molecule has 2 heterocycles. The van der Waals surface area contributed by atoms with E-state index in [1.54, 1.807) is 6.07 Å². The Balaban J connectivity index is 1.90. The number of rotatable bonds is 7. The van der Waals surface area contributed by atoms with Crippen LogP contribution >= 0.6 is 15.9 Å². The van der Waals surface area contributed by atoms with Gasteiger partial charge < -0.3 is 24.8 Å². The summed E-state index contributed by atoms with van der Waals surface area (Å²) in [6.45, 7) is 2.28. The molecule has 30 heavy (non-hydrogen) atoms. The number of methoxy groups -OCH3 is 1. The first-order valence-corrected chi connectivity index (χ1v) is 9.84. The molecule has 0 aliphatic carbocycles. The summed E-state index contributed by atoms with van der Waals surface area (Å²) >= 11 is 3.56. The first-order valence-electron chi connectivity index (χ1n) is 9.04. The van der Waals surface area contributed by atoms with Crippen molar-refractivity contribution in [1.29, 1.82) is 0 Å². The number of hydrogen-bond donors (Lipinski definition) is 2. The van der Waals surface area contributed by atoms with Gasteiger partial charge in [-0.3, -0.25) is 0 Å². The molecule has 3 rings (SSSR count). The first-order chi connectivity index (χ1) is 14.4. The predicted molar refractivity (Wildman–Crippen MR) is 110 cm³/mol. The Hall–Kier alpha value is -2.86. The lowest BCUT2D eigenvalue weighted by atomic mass is 10.2. The van der Waals surface area contributed by atoms with Crippen LogP contribution in [0, 0.1) is 0 Å². The zero-order valence-corrected chi connectivity index (χ0v) is 17.8. The fourth-order valence-corrected chi connectivity index (χ4v) is 3.63. The molecule has 0 spiro atoms. The van der Waals surface area contributed by atoms with Crippen LogP contribution < -0.4 is 20.6 Å². The van der Waals surface area contributed by atoms with Crippen molar-refractivity contribution < 1.29 is 23.8 Å². The molecule has 1 fully saturated rings. The van der Waals surface area contributed by atoms with E-state index in [-0.39, 0.29) is 25.0 Å². The Morgan fingerprint density at radius 2 is 2.13 bits per heavy atom. The highest BCUT2D eigenvalue weighted by atomic mass is 79.9. The summed E-state index contributed by atoms with van der Waals surface area (Å²) in [7, 11) is 1.51. The summed E-state index contributed by atoms with van der Waals surface area (Å²) in [5.74, 6) is 0.468. The fourth-order valence-electron chi connectivity index (χ4n) is 3.05. The van der Waals surface area contributed by atoms with E-state index >= 15 is 0 Å². The second kappa shape index (κ2) is 9.76. The molecule has 1 aromatic heterocycles. The molecule has 1 aromatic carbocycles. The van der Waals surface area contributed by atoms with Crippen LogP contribution in [0.15, 0.2) is 39.6 Å². The lowest BCUT2D eigenvalue weighted by molar-refractivity contribution is 0.122. The number of nitrogens with one attached hydrogen (secondary N) is 1. The van der Waals surface area contributed by atoms with Crippen molar-refractivity contribution in [2.75, 3.05) is 44.9 Å². The van der Waals surface area contributed by atoms with Crippen molar-refractivity contribution in [2.45, 2.75) is 6.54 Å². The highest BCUT2D eigenvalue weighted by molar-refractivity contribution is 9.10. The molecule has 2 N–H and O–H groups in total. The van der Waals surface area contributed by atoms with Crippen molar-refractivity contribution in [1.82, 2.24) is 19.7 Å². The zero-order chi connectivity index (χ0) is 21.7. The monoisotopic (exact) mass is 485 g/mol. The van der Waals surface area contributed by atoms with Gasteiger partial charge in [0, 0.05) is 30.2 Å². The number of ether oxygens (including phenoxy) is 2. The van der Waals surface area contributed by atoms with Crippen LogP contribution in [0.3, 0.4) is 0 Å². The van der Waals surface area contributed by atoms with Crippen molar-refractivity contribution >= 4 is 27.7 Å². The van der Waals surface area contributed by atoms with Crippen molar-refractivity contribution in [2.24, 2.45) is 0 Å². The Morgan fingerprint density at radius 3 is 2.77 bits per heavy atom. The summed E-state index contributed by atoms with van der Waals surface area (Å²) in [6, 6.07) is 3.59. The van der Waals surface area contributed by atoms with Gasteiger partial charge in [0.05, 0.1) is 44.6 Å². The predicted octanol–water partition coefficient (Wildman–Crippen LogP) is 1.76. The maximum atomic E-state index is 13.1. The second-order valence-corrected chi connectivity index (χ2v) is 7.30. The normalized spacial score (nSPS) is 14.6. The number of anilines is 1. The zero-order valence-electron chi connectivity index (χ0n) is 16.2. The van der Waals surface area contributed by atoms with E-state index in [2.05, 4.69) is 31.2 Å². The number of morpholine rings is 1. The lowest BCUT2D eigenvalue weighted by Gasteiger charge is -2.30. The Labute approximate surface area is 179 Å². The van der Waals surface area contributed by atoms with Gasteiger partial charge in [-0.15, -0.1) is 0 Å². The summed E-state index contributed by atoms with van der Waals surface area (Å²) < 4.78 is 27.0. The van der Waals surface area contributed by atoms with E-state index in [9.17, 15) is 14.0 Å². The van der Waals surface area contributed by atoms with Gasteiger partial charge >= 0.3 is 11.8 Å². The molecule has 1 aliphatic heterocycles. The number of nitrogens with zero attached hydrogens (tertiary/aromatic N) is 4. The van der Waals surface area contributed by atoms with Crippen LogP contribution in [-0.2, 0) is 11.3 Å². The summed E-state index contributed by atoms with van der Waals surface area (Å²) in [5.41, 5.74) is 0.920. The van der Waals surface area contributed by atoms with Gasteiger partial charge in [-0.05, 0) is 27.6 Å². The van der Waals surface area contributed by atoms with E-state index in [4.69, 9.17) is 14.6 Å². The van der Waals surface area contributed by atoms with Gasteiger partial charge in [-0.1, -0.05) is 0 Å². The average Bonchev–Trinajstić information content (AvgIpc) is 3.11. The number of hydrogen-bond acceptors (Lipinski definition) is 6. The maximum Gasteiger partial charge on any atom is 0.404 e. The van der Waals surface area contributed by atoms with Crippen molar-refractivity contribution in [3.05, 3.63) is 45.3 Å². The maximum absolute atomic E-state index is 13.1. The third-order valence-corrected chi connectivity index (χ3v) is 5.20. The van der Waals surface area contributed by atoms with Gasteiger partial charge in [-0.25, -0.2) is 23.2 Å². The van der Waals surface area contributed by atoms with Crippen molar-refractivity contribution in [3.63, 3.8) is 0 Å². The number of halogens is 2. The van der Waals surface area contributed by atoms with E-state index < -0.39 is 11.8 Å². The molecule has 0 radical (unpaired) electrons. The molecule has 12 heteroatoms. The van der Waals surface area contributed by atoms with Gasteiger partial charge in [0.15, 0.2) is 0 Å². The second-order valence-electron chi connectivity index (χ2n) is 6.44. The van der Waals surface area contributed by atoms with Crippen LogP contribution in [0.5, 0.6) is 5.75 Å². The molecule has 162 valence electrons. The molecule has 1 amide bonds. The molecule has 10 nitrogen and oxygen atoms in total. The number of carboxylic acid groups (broad SMARTS) is 1.